The summed E-state index contributed by atoms with van der Waals surface area (Å²) >= 11 is 11.7. The first-order valence-electron chi connectivity index (χ1n) is 4.89. The van der Waals surface area contributed by atoms with E-state index in [2.05, 4.69) is 0 Å². The molecule has 0 saturated carbocycles. The zero-order valence-electron chi connectivity index (χ0n) is 8.37. The predicted molar refractivity (Wildman–Crippen MR) is 63.1 cm³/mol. The molecule has 0 radical (unpaired) electrons. The molecule has 0 bridgehead atoms. The summed E-state index contributed by atoms with van der Waals surface area (Å²) in [5, 5.41) is 0.904. The largest absolute Gasteiger partial charge is 0.306 e. The second-order valence-corrected chi connectivity index (χ2v) is 4.48. The second kappa shape index (κ2) is 4.44. The van der Waals surface area contributed by atoms with Gasteiger partial charge in [-0.05, 0) is 24.6 Å². The fourth-order valence-electron chi connectivity index (χ4n) is 1.70. The molecule has 0 spiro atoms. The highest BCUT2D eigenvalue weighted by Gasteiger charge is 2.27. The molecule has 1 saturated heterocycles. The topological polar surface area (TPSA) is 37.4 Å². The van der Waals surface area contributed by atoms with Gasteiger partial charge in [-0.2, -0.15) is 0 Å². The third-order valence-corrected chi connectivity index (χ3v) is 2.86. The minimum absolute atomic E-state index is 0.323. The highest BCUT2D eigenvalue weighted by molar-refractivity contribution is 6.42. The molecule has 1 aliphatic heterocycles. The summed E-state index contributed by atoms with van der Waals surface area (Å²) in [6.45, 7) is 0.529. The molecule has 1 aromatic carbocycles. The Morgan fingerprint density at radius 3 is 2.31 bits per heavy atom. The number of ketones is 1. The van der Waals surface area contributed by atoms with E-state index in [4.69, 9.17) is 23.2 Å². The first-order chi connectivity index (χ1) is 7.58. The van der Waals surface area contributed by atoms with E-state index in [1.54, 1.807) is 18.2 Å². The molecule has 0 aliphatic carbocycles. The Bertz CT molecular complexity index is 439. The Labute approximate surface area is 103 Å². The van der Waals surface area contributed by atoms with E-state index in [9.17, 15) is 9.59 Å². The van der Waals surface area contributed by atoms with Crippen molar-refractivity contribution in [2.75, 3.05) is 11.4 Å². The molecule has 0 atom stereocenters. The van der Waals surface area contributed by atoms with Gasteiger partial charge >= 0.3 is 0 Å². The lowest BCUT2D eigenvalue weighted by atomic mass is 10.1. The molecule has 0 N–H and O–H groups in total. The molecular formula is C11H9Cl2NO2. The number of halogens is 2. The number of carbonyl (C=O) groups excluding carboxylic acids is 2. The van der Waals surface area contributed by atoms with Crippen molar-refractivity contribution in [1.29, 1.82) is 0 Å². The minimum atomic E-state index is -0.482. The lowest BCUT2D eigenvalue weighted by molar-refractivity contribution is -0.137. The van der Waals surface area contributed by atoms with Gasteiger partial charge in [-0.1, -0.05) is 23.2 Å². The fourth-order valence-corrected chi connectivity index (χ4v) is 2.21. The molecule has 1 amide bonds. The zero-order valence-corrected chi connectivity index (χ0v) is 9.88. The van der Waals surface area contributed by atoms with Crippen molar-refractivity contribution < 1.29 is 9.59 Å². The summed E-state index contributed by atoms with van der Waals surface area (Å²) in [6.07, 6.45) is 0.998. The van der Waals surface area contributed by atoms with E-state index < -0.39 is 5.91 Å². The van der Waals surface area contributed by atoms with Gasteiger partial charge in [0.1, 0.15) is 0 Å². The van der Waals surface area contributed by atoms with Crippen LogP contribution in [0.3, 0.4) is 0 Å². The molecule has 3 nitrogen and oxygen atoms in total. The van der Waals surface area contributed by atoms with Gasteiger partial charge in [0, 0.05) is 28.7 Å². The van der Waals surface area contributed by atoms with Gasteiger partial charge < -0.3 is 4.90 Å². The van der Waals surface area contributed by atoms with E-state index in [1.807, 2.05) is 0 Å². The van der Waals surface area contributed by atoms with Crippen LogP contribution in [0, 0.1) is 0 Å². The van der Waals surface area contributed by atoms with Crippen molar-refractivity contribution in [3.8, 4) is 0 Å². The quantitative estimate of drug-likeness (QED) is 0.726. The van der Waals surface area contributed by atoms with E-state index in [0.717, 1.165) is 0 Å². The molecule has 1 aromatic rings. The Kier molecular flexibility index (Phi) is 3.17. The van der Waals surface area contributed by atoms with Gasteiger partial charge in [0.2, 0.25) is 5.78 Å². The van der Waals surface area contributed by atoms with Crippen molar-refractivity contribution in [2.24, 2.45) is 0 Å². The summed E-state index contributed by atoms with van der Waals surface area (Å²) in [6, 6.07) is 4.84. The lowest BCUT2D eigenvalue weighted by Crippen LogP contribution is -2.41. The van der Waals surface area contributed by atoms with Gasteiger partial charge in [-0.3, -0.25) is 9.59 Å². The van der Waals surface area contributed by atoms with Crippen LogP contribution in [0.2, 0.25) is 10.0 Å². The van der Waals surface area contributed by atoms with E-state index in [1.165, 1.54) is 4.90 Å². The molecule has 1 aliphatic rings. The normalized spacial score (nSPS) is 16.8. The Morgan fingerprint density at radius 2 is 1.69 bits per heavy atom. The highest BCUT2D eigenvalue weighted by Crippen LogP contribution is 2.27. The Morgan fingerprint density at radius 1 is 1.06 bits per heavy atom. The number of rotatable bonds is 1. The summed E-state index contributed by atoms with van der Waals surface area (Å²) in [7, 11) is 0. The van der Waals surface area contributed by atoms with Crippen molar-refractivity contribution >= 4 is 40.6 Å². The van der Waals surface area contributed by atoms with Crippen LogP contribution in [-0.4, -0.2) is 18.2 Å². The number of carbonyl (C=O) groups is 2. The van der Waals surface area contributed by atoms with E-state index in [0.29, 0.717) is 35.1 Å². The third-order valence-electron chi connectivity index (χ3n) is 2.43. The molecule has 0 aromatic heterocycles. The maximum absolute atomic E-state index is 11.6. The zero-order chi connectivity index (χ0) is 11.7. The SMILES string of the molecule is O=C1CCCN(c2cc(Cl)cc(Cl)c2)C1=O. The lowest BCUT2D eigenvalue weighted by Gasteiger charge is -2.25. The summed E-state index contributed by atoms with van der Waals surface area (Å²) < 4.78 is 0. The van der Waals surface area contributed by atoms with Crippen molar-refractivity contribution in [3.63, 3.8) is 0 Å². The van der Waals surface area contributed by atoms with Gasteiger partial charge in [0.25, 0.3) is 5.91 Å². The average Bonchev–Trinajstić information content (AvgIpc) is 2.20. The van der Waals surface area contributed by atoms with Gasteiger partial charge in [-0.15, -0.1) is 0 Å². The van der Waals surface area contributed by atoms with Gasteiger partial charge in [0.15, 0.2) is 0 Å². The number of hydrogen-bond donors (Lipinski definition) is 0. The summed E-state index contributed by atoms with van der Waals surface area (Å²) in [4.78, 5) is 24.3. The van der Waals surface area contributed by atoms with Crippen LogP contribution in [0.5, 0.6) is 0 Å². The number of hydrogen-bond acceptors (Lipinski definition) is 2. The van der Waals surface area contributed by atoms with E-state index in [-0.39, 0.29) is 5.78 Å². The maximum atomic E-state index is 11.6. The van der Waals surface area contributed by atoms with Crippen molar-refractivity contribution in [3.05, 3.63) is 28.2 Å². The first-order valence-corrected chi connectivity index (χ1v) is 5.64. The fraction of sp³-hybridized carbons (Fsp3) is 0.273. The summed E-state index contributed by atoms with van der Waals surface area (Å²) in [5.74, 6) is -0.841. The highest BCUT2D eigenvalue weighted by atomic mass is 35.5. The molecule has 2 rings (SSSR count). The standard InChI is InChI=1S/C11H9Cl2NO2/c12-7-4-8(13)6-9(5-7)14-3-1-2-10(15)11(14)16/h4-6H,1-3H2. The van der Waals surface area contributed by atoms with Gasteiger partial charge in [-0.25, -0.2) is 0 Å². The number of Topliss-reactive ketones (excluding diaryl/α,β-unsaturated/α-hetero) is 1. The van der Waals surface area contributed by atoms with Crippen LogP contribution < -0.4 is 4.90 Å². The van der Waals surface area contributed by atoms with Crippen LogP contribution in [0.1, 0.15) is 12.8 Å². The Hall–Kier alpha value is -1.06. The van der Waals surface area contributed by atoms with Crippen LogP contribution in [0.15, 0.2) is 18.2 Å². The molecular weight excluding hydrogens is 249 g/mol. The van der Waals surface area contributed by atoms with Crippen molar-refractivity contribution in [1.82, 2.24) is 0 Å². The monoisotopic (exact) mass is 257 g/mol. The average molecular weight is 258 g/mol. The molecule has 1 heterocycles. The van der Waals surface area contributed by atoms with Crippen molar-refractivity contribution in [2.45, 2.75) is 12.8 Å². The maximum Gasteiger partial charge on any atom is 0.294 e. The number of benzene rings is 1. The minimum Gasteiger partial charge on any atom is -0.306 e. The van der Waals surface area contributed by atoms with Crippen LogP contribution in [0.4, 0.5) is 5.69 Å². The molecule has 1 fully saturated rings. The molecule has 0 unspecified atom stereocenters. The number of anilines is 1. The number of nitrogens with zero attached hydrogens (tertiary/aromatic N) is 1. The van der Waals surface area contributed by atoms with Gasteiger partial charge in [0.05, 0.1) is 0 Å². The van der Waals surface area contributed by atoms with Crippen LogP contribution in [-0.2, 0) is 9.59 Å². The molecule has 84 valence electrons. The first kappa shape index (κ1) is 11.4. The Balaban J connectivity index is 2.35. The van der Waals surface area contributed by atoms with Crippen LogP contribution >= 0.6 is 23.2 Å². The molecule has 16 heavy (non-hydrogen) atoms. The smallest absolute Gasteiger partial charge is 0.294 e. The number of amides is 1. The summed E-state index contributed by atoms with van der Waals surface area (Å²) in [5.41, 5.74) is 0.579. The molecule has 5 heteroatoms. The second-order valence-electron chi connectivity index (χ2n) is 3.61. The third kappa shape index (κ3) is 2.20. The van der Waals surface area contributed by atoms with Crippen LogP contribution in [0.25, 0.3) is 0 Å². The number of piperidine rings is 1. The van der Waals surface area contributed by atoms with E-state index >= 15 is 0 Å². The predicted octanol–water partition coefficient (Wildman–Crippen LogP) is 2.69.